The number of likely N-dealkylation sites (N-methyl/N-ethyl adjacent to an activating group) is 1. The van der Waals surface area contributed by atoms with E-state index in [4.69, 9.17) is 20.4 Å². The fraction of sp³-hybridized carbons (Fsp3) is 0.290. The summed E-state index contributed by atoms with van der Waals surface area (Å²) in [7, 11) is 1.85. The molecule has 4 N–H and O–H groups in total. The van der Waals surface area contributed by atoms with E-state index in [2.05, 4.69) is 47.2 Å². The van der Waals surface area contributed by atoms with Gasteiger partial charge in [0.05, 0.1) is 4.90 Å². The highest BCUT2D eigenvalue weighted by molar-refractivity contribution is 7.99. The first-order chi connectivity index (χ1) is 21.6. The summed E-state index contributed by atoms with van der Waals surface area (Å²) in [6, 6.07) is 13.9. The van der Waals surface area contributed by atoms with Crippen molar-refractivity contribution in [2.24, 2.45) is 0 Å². The van der Waals surface area contributed by atoms with Gasteiger partial charge in [0.2, 0.25) is 10.0 Å². The molecule has 0 atom stereocenters. The van der Waals surface area contributed by atoms with Crippen molar-refractivity contribution < 1.29 is 48.0 Å². The van der Waals surface area contributed by atoms with E-state index in [0.29, 0.717) is 29.2 Å². The summed E-state index contributed by atoms with van der Waals surface area (Å²) in [5.74, 6) is -5.03. The van der Waals surface area contributed by atoms with Crippen molar-refractivity contribution in [2.45, 2.75) is 21.1 Å². The number of hydrogen-bond donors (Lipinski definition) is 4. The molecule has 0 bridgehead atoms. The lowest BCUT2D eigenvalue weighted by Crippen LogP contribution is -2.44. The van der Waals surface area contributed by atoms with E-state index in [1.165, 1.54) is 14.8 Å². The number of nitrogens with zero attached hydrogens (tertiary/aromatic N) is 3. The largest absolute Gasteiger partial charge is 0.478 e. The molecule has 2 heterocycles. The fourth-order valence-corrected chi connectivity index (χ4v) is 6.20. The Morgan fingerprint density at radius 3 is 1.78 bits per heavy atom. The Bertz CT molecular complexity index is 1540. The molecule has 2 aromatic carbocycles. The standard InChI is InChI=1S/C23H29N3O2S2.2C4H4O4/c1-24(2)30(27,28)18-10-11-23-21(17-18)19(20-7-4-5-9-22(20)29-23)8-6-12-26-15-13-25(3)14-16-26;2*5-3(6)1-2-4(7)8/h4-5,7-11,17H,6,12-16H2,1-3H3;2*1-2H,(H,5,6)(H,7,8)/b19-8-;2*2-1-. The maximum absolute atomic E-state index is 12.7. The Morgan fingerprint density at radius 1 is 0.783 bits per heavy atom. The topological polar surface area (TPSA) is 193 Å². The SMILES string of the molecule is CN1CCN(CC/C=C2/c3ccccc3Sc3ccc(S(=O)(=O)N(C)C)cc32)CC1.O=C(O)/C=C\C(=O)O.O=C(O)/C=C\C(=O)O. The third-order valence-corrected chi connectivity index (χ3v) is 9.51. The highest BCUT2D eigenvalue weighted by Gasteiger charge is 2.25. The third-order valence-electron chi connectivity index (χ3n) is 6.54. The predicted octanol–water partition coefficient (Wildman–Crippen LogP) is 2.89. The molecule has 0 aromatic heterocycles. The van der Waals surface area contributed by atoms with Gasteiger partial charge in [0, 0.05) is 80.9 Å². The van der Waals surface area contributed by atoms with Crippen LogP contribution in [0.4, 0.5) is 0 Å². The number of benzene rings is 2. The summed E-state index contributed by atoms with van der Waals surface area (Å²) < 4.78 is 26.7. The monoisotopic (exact) mass is 675 g/mol. The van der Waals surface area contributed by atoms with Crippen LogP contribution in [-0.2, 0) is 29.2 Å². The number of rotatable bonds is 9. The van der Waals surface area contributed by atoms with E-state index < -0.39 is 33.9 Å². The van der Waals surface area contributed by atoms with Crippen LogP contribution in [0.3, 0.4) is 0 Å². The van der Waals surface area contributed by atoms with Crippen LogP contribution in [0.2, 0.25) is 0 Å². The summed E-state index contributed by atoms with van der Waals surface area (Å²) in [6.45, 7) is 5.47. The zero-order chi connectivity index (χ0) is 34.4. The minimum absolute atomic E-state index is 0.344. The Labute approximate surface area is 271 Å². The summed E-state index contributed by atoms with van der Waals surface area (Å²) >= 11 is 1.71. The smallest absolute Gasteiger partial charge is 0.328 e. The summed E-state index contributed by atoms with van der Waals surface area (Å²) in [4.78, 5) is 45.8. The molecule has 248 valence electrons. The second-order valence-corrected chi connectivity index (χ2v) is 13.4. The highest BCUT2D eigenvalue weighted by atomic mass is 32.2. The number of carbonyl (C=O) groups is 4. The molecule has 2 aliphatic heterocycles. The van der Waals surface area contributed by atoms with Crippen molar-refractivity contribution in [1.82, 2.24) is 14.1 Å². The van der Waals surface area contributed by atoms with Crippen LogP contribution in [0.5, 0.6) is 0 Å². The van der Waals surface area contributed by atoms with E-state index in [9.17, 15) is 27.6 Å². The molecule has 0 saturated carbocycles. The molecule has 0 aliphatic carbocycles. The Kier molecular flexibility index (Phi) is 14.8. The number of hydrogen-bond acceptors (Lipinski definition) is 9. The van der Waals surface area contributed by atoms with E-state index >= 15 is 0 Å². The van der Waals surface area contributed by atoms with Gasteiger partial charge in [-0.3, -0.25) is 0 Å². The first-order valence-electron chi connectivity index (χ1n) is 13.8. The van der Waals surface area contributed by atoms with E-state index in [0.717, 1.165) is 55.2 Å². The van der Waals surface area contributed by atoms with Gasteiger partial charge in [0.15, 0.2) is 0 Å². The quantitative estimate of drug-likeness (QED) is 0.242. The maximum atomic E-state index is 12.7. The highest BCUT2D eigenvalue weighted by Crippen LogP contribution is 2.46. The third kappa shape index (κ3) is 12.3. The van der Waals surface area contributed by atoms with Gasteiger partial charge in [-0.25, -0.2) is 31.9 Å². The molecule has 15 heteroatoms. The van der Waals surface area contributed by atoms with Crippen LogP contribution in [0, 0.1) is 0 Å². The molecule has 1 fully saturated rings. The second kappa shape index (κ2) is 18.0. The molecular formula is C31H37N3O10S2. The van der Waals surface area contributed by atoms with Gasteiger partial charge < -0.3 is 30.2 Å². The zero-order valence-electron chi connectivity index (χ0n) is 25.6. The zero-order valence-corrected chi connectivity index (χ0v) is 27.2. The number of sulfonamides is 1. The molecule has 2 aliphatic rings. The molecule has 1 saturated heterocycles. The normalized spacial score (nSPS) is 15.8. The van der Waals surface area contributed by atoms with Crippen LogP contribution in [0.25, 0.3) is 5.57 Å². The van der Waals surface area contributed by atoms with Gasteiger partial charge in [-0.2, -0.15) is 0 Å². The maximum Gasteiger partial charge on any atom is 0.328 e. The van der Waals surface area contributed by atoms with Crippen LogP contribution in [-0.4, -0.2) is 121 Å². The minimum Gasteiger partial charge on any atom is -0.478 e. The molecule has 46 heavy (non-hydrogen) atoms. The molecule has 0 unspecified atom stereocenters. The van der Waals surface area contributed by atoms with Crippen molar-refractivity contribution in [3.8, 4) is 0 Å². The first kappa shape index (κ1) is 37.9. The molecule has 0 amide bonds. The van der Waals surface area contributed by atoms with Gasteiger partial charge in [-0.05, 0) is 54.4 Å². The van der Waals surface area contributed by atoms with E-state index in [1.54, 1.807) is 31.9 Å². The van der Waals surface area contributed by atoms with Crippen LogP contribution in [0.1, 0.15) is 17.5 Å². The van der Waals surface area contributed by atoms with E-state index in [1.807, 2.05) is 12.1 Å². The van der Waals surface area contributed by atoms with Gasteiger partial charge in [-0.15, -0.1) is 0 Å². The molecule has 2 aromatic rings. The van der Waals surface area contributed by atoms with Crippen molar-refractivity contribution in [3.63, 3.8) is 0 Å². The van der Waals surface area contributed by atoms with Gasteiger partial charge in [0.25, 0.3) is 0 Å². The average molecular weight is 676 g/mol. The molecule has 4 rings (SSSR count). The van der Waals surface area contributed by atoms with Crippen molar-refractivity contribution >= 4 is 51.2 Å². The Morgan fingerprint density at radius 2 is 1.28 bits per heavy atom. The van der Waals surface area contributed by atoms with Crippen molar-refractivity contribution in [1.29, 1.82) is 0 Å². The molecular weight excluding hydrogens is 638 g/mol. The number of fused-ring (bicyclic) bond motifs is 2. The number of aliphatic carboxylic acids is 4. The molecule has 13 nitrogen and oxygen atoms in total. The summed E-state index contributed by atoms with van der Waals surface area (Å²) in [5, 5.41) is 31.2. The number of piperazine rings is 1. The molecule has 0 radical (unpaired) electrons. The van der Waals surface area contributed by atoms with Crippen LogP contribution < -0.4 is 0 Å². The van der Waals surface area contributed by atoms with Crippen molar-refractivity contribution in [3.05, 3.63) is 84.0 Å². The lowest BCUT2D eigenvalue weighted by atomic mass is 9.96. The summed E-state index contributed by atoms with van der Waals surface area (Å²) in [5.41, 5.74) is 3.34. The van der Waals surface area contributed by atoms with E-state index in [-0.39, 0.29) is 0 Å². The molecule has 0 spiro atoms. The lowest BCUT2D eigenvalue weighted by Gasteiger charge is -2.32. The van der Waals surface area contributed by atoms with Gasteiger partial charge in [0.1, 0.15) is 0 Å². The fourth-order valence-electron chi connectivity index (χ4n) is 4.19. The van der Waals surface area contributed by atoms with Crippen LogP contribution >= 0.6 is 11.8 Å². The lowest BCUT2D eigenvalue weighted by molar-refractivity contribution is -0.134. The first-order valence-corrected chi connectivity index (χ1v) is 16.1. The predicted molar refractivity (Wildman–Crippen MR) is 172 cm³/mol. The number of carboxylic acid groups (broad SMARTS) is 4. The second-order valence-electron chi connectivity index (χ2n) is 10.1. The van der Waals surface area contributed by atoms with Crippen LogP contribution in [0.15, 0.2) is 87.5 Å². The number of carboxylic acids is 4. The summed E-state index contributed by atoms with van der Waals surface area (Å²) in [6.07, 6.45) is 5.47. The Hall–Kier alpha value is -4.28. The van der Waals surface area contributed by atoms with Gasteiger partial charge in [-0.1, -0.05) is 36.0 Å². The average Bonchev–Trinajstić information content (AvgIpc) is 3.00. The minimum atomic E-state index is -3.47. The van der Waals surface area contributed by atoms with Crippen molar-refractivity contribution in [2.75, 3.05) is 53.9 Å². The Balaban J connectivity index is 0.000000381. The van der Waals surface area contributed by atoms with Gasteiger partial charge >= 0.3 is 23.9 Å².